The van der Waals surface area contributed by atoms with Crippen LogP contribution in [0.25, 0.3) is 0 Å². The van der Waals surface area contributed by atoms with E-state index in [-0.39, 0.29) is 5.97 Å². The second-order valence-electron chi connectivity index (χ2n) is 4.89. The quantitative estimate of drug-likeness (QED) is 0.466. The minimum absolute atomic E-state index is 0.377. The van der Waals surface area contributed by atoms with E-state index in [0.717, 1.165) is 29.5 Å². The maximum Gasteiger partial charge on any atom is 0.363 e. The minimum Gasteiger partial charge on any atom is -0.402 e. The Morgan fingerprint density at radius 3 is 2.70 bits per heavy atom. The van der Waals surface area contributed by atoms with Gasteiger partial charge >= 0.3 is 5.97 Å². The Labute approximate surface area is 118 Å². The fourth-order valence-electron chi connectivity index (χ4n) is 2.14. The summed E-state index contributed by atoms with van der Waals surface area (Å²) in [6.07, 6.45) is 9.86. The third-order valence-corrected chi connectivity index (χ3v) is 3.28. The molecule has 0 atom stereocenters. The zero-order valence-electron chi connectivity index (χ0n) is 11.3. The lowest BCUT2D eigenvalue weighted by Gasteiger charge is -2.02. The first kappa shape index (κ1) is 12.6. The maximum absolute atomic E-state index is 11.8. The molecular weight excluding hydrogens is 250 g/mol. The number of carbonyl (C=O) groups excluding carboxylic acids is 1. The van der Waals surface area contributed by atoms with Gasteiger partial charge in [-0.2, -0.15) is 0 Å². The number of hydrogen-bond acceptors (Lipinski definition) is 3. The molecule has 0 aromatic heterocycles. The van der Waals surface area contributed by atoms with Crippen molar-refractivity contribution in [2.24, 2.45) is 4.99 Å². The number of benzene rings is 1. The molecule has 100 valence electrons. The maximum atomic E-state index is 11.8. The summed E-state index contributed by atoms with van der Waals surface area (Å²) in [4.78, 5) is 16.2. The molecule has 0 amide bonds. The number of esters is 1. The van der Waals surface area contributed by atoms with E-state index in [1.165, 1.54) is 0 Å². The molecule has 3 heteroatoms. The Balaban J connectivity index is 1.86. The normalized spacial score (nSPS) is 19.9. The van der Waals surface area contributed by atoms with Gasteiger partial charge in [-0.3, -0.25) is 0 Å². The van der Waals surface area contributed by atoms with Crippen LogP contribution >= 0.6 is 0 Å². The van der Waals surface area contributed by atoms with Crippen LogP contribution in [-0.4, -0.2) is 11.9 Å². The smallest absolute Gasteiger partial charge is 0.363 e. The number of nitrogens with zero attached hydrogens (tertiary/aromatic N) is 1. The SMILES string of the molecule is Cc1ccc(C2=NC(=CC3=CCC=CC3)C(=O)O2)cc1. The van der Waals surface area contributed by atoms with Crippen LogP contribution in [0.15, 0.2) is 64.8 Å². The number of rotatable bonds is 2. The summed E-state index contributed by atoms with van der Waals surface area (Å²) in [7, 11) is 0. The van der Waals surface area contributed by atoms with Gasteiger partial charge in [0.05, 0.1) is 0 Å². The lowest BCUT2D eigenvalue weighted by atomic mass is 10.1. The fourth-order valence-corrected chi connectivity index (χ4v) is 2.14. The number of hydrogen-bond donors (Lipinski definition) is 0. The Morgan fingerprint density at radius 2 is 2.00 bits per heavy atom. The number of aryl methyl sites for hydroxylation is 1. The predicted molar refractivity (Wildman–Crippen MR) is 78.3 cm³/mol. The molecular formula is C17H15NO2. The summed E-state index contributed by atoms with van der Waals surface area (Å²) in [5.41, 5.74) is 3.47. The molecule has 0 bridgehead atoms. The standard InChI is InChI=1S/C17H15NO2/c1-12-7-9-14(10-8-12)16-18-15(17(19)20-16)11-13-5-3-2-4-6-13/h2-3,6-11H,4-5H2,1H3. The molecule has 0 unspecified atom stereocenters. The lowest BCUT2D eigenvalue weighted by Crippen LogP contribution is -2.05. The Kier molecular flexibility index (Phi) is 3.33. The molecule has 0 spiro atoms. The van der Waals surface area contributed by atoms with Crippen LogP contribution in [0.1, 0.15) is 24.0 Å². The number of aliphatic imine (C=N–C) groups is 1. The van der Waals surface area contributed by atoms with Crippen molar-refractivity contribution in [3.8, 4) is 0 Å². The molecule has 0 radical (unpaired) electrons. The lowest BCUT2D eigenvalue weighted by molar-refractivity contribution is -0.130. The van der Waals surface area contributed by atoms with E-state index in [1.807, 2.05) is 37.3 Å². The molecule has 2 aliphatic rings. The molecule has 20 heavy (non-hydrogen) atoms. The van der Waals surface area contributed by atoms with Gasteiger partial charge in [0.25, 0.3) is 0 Å². The van der Waals surface area contributed by atoms with Gasteiger partial charge in [0.15, 0.2) is 5.70 Å². The summed E-state index contributed by atoms with van der Waals surface area (Å²) >= 11 is 0. The van der Waals surface area contributed by atoms with Crippen LogP contribution in [0.2, 0.25) is 0 Å². The van der Waals surface area contributed by atoms with E-state index in [0.29, 0.717) is 11.6 Å². The summed E-state index contributed by atoms with van der Waals surface area (Å²) < 4.78 is 5.24. The second kappa shape index (κ2) is 5.29. The number of ether oxygens (including phenoxy) is 1. The van der Waals surface area contributed by atoms with Crippen molar-refractivity contribution < 1.29 is 9.53 Å². The fraction of sp³-hybridized carbons (Fsp3) is 0.176. The van der Waals surface area contributed by atoms with Crippen molar-refractivity contribution in [2.75, 3.05) is 0 Å². The highest BCUT2D eigenvalue weighted by Gasteiger charge is 2.24. The Morgan fingerprint density at radius 1 is 1.20 bits per heavy atom. The highest BCUT2D eigenvalue weighted by Crippen LogP contribution is 2.21. The zero-order chi connectivity index (χ0) is 13.9. The Hall–Kier alpha value is -2.42. The predicted octanol–water partition coefficient (Wildman–Crippen LogP) is 3.46. The van der Waals surface area contributed by atoms with E-state index in [1.54, 1.807) is 0 Å². The van der Waals surface area contributed by atoms with Gasteiger partial charge in [-0.1, -0.05) is 35.9 Å². The number of allylic oxidation sites excluding steroid dienone is 5. The topological polar surface area (TPSA) is 38.7 Å². The van der Waals surface area contributed by atoms with Crippen molar-refractivity contribution in [3.05, 3.63) is 71.0 Å². The average Bonchev–Trinajstić information content (AvgIpc) is 2.82. The Bertz CT molecular complexity index is 661. The molecule has 0 N–H and O–H groups in total. The monoisotopic (exact) mass is 265 g/mol. The molecule has 0 saturated carbocycles. The van der Waals surface area contributed by atoms with Crippen molar-refractivity contribution in [1.82, 2.24) is 0 Å². The van der Waals surface area contributed by atoms with Gasteiger partial charge < -0.3 is 4.74 Å². The first-order valence-corrected chi connectivity index (χ1v) is 6.66. The first-order valence-electron chi connectivity index (χ1n) is 6.66. The van der Waals surface area contributed by atoms with Crippen molar-refractivity contribution >= 4 is 11.9 Å². The third kappa shape index (κ3) is 2.62. The van der Waals surface area contributed by atoms with Crippen LogP contribution < -0.4 is 0 Å². The molecule has 0 fully saturated rings. The van der Waals surface area contributed by atoms with Gasteiger partial charge in [-0.15, -0.1) is 0 Å². The highest BCUT2D eigenvalue weighted by molar-refractivity contribution is 6.11. The van der Waals surface area contributed by atoms with Crippen LogP contribution in [-0.2, 0) is 9.53 Å². The van der Waals surface area contributed by atoms with Crippen molar-refractivity contribution in [2.45, 2.75) is 19.8 Å². The third-order valence-electron chi connectivity index (χ3n) is 3.28. The molecule has 0 saturated heterocycles. The van der Waals surface area contributed by atoms with Gasteiger partial charge in [-0.25, -0.2) is 9.79 Å². The van der Waals surface area contributed by atoms with Crippen LogP contribution in [0.5, 0.6) is 0 Å². The molecule has 3 nitrogen and oxygen atoms in total. The second-order valence-corrected chi connectivity index (χ2v) is 4.89. The van der Waals surface area contributed by atoms with Crippen LogP contribution in [0.3, 0.4) is 0 Å². The van der Waals surface area contributed by atoms with E-state index >= 15 is 0 Å². The molecule has 1 aliphatic heterocycles. The summed E-state index contributed by atoms with van der Waals surface area (Å²) in [5, 5.41) is 0. The zero-order valence-corrected chi connectivity index (χ0v) is 11.3. The van der Waals surface area contributed by atoms with Crippen LogP contribution in [0, 0.1) is 6.92 Å². The minimum atomic E-state index is -0.379. The van der Waals surface area contributed by atoms with Gasteiger partial charge in [-0.05, 0) is 43.5 Å². The summed E-state index contributed by atoms with van der Waals surface area (Å²) in [6, 6.07) is 7.77. The van der Waals surface area contributed by atoms with E-state index in [4.69, 9.17) is 4.74 Å². The molecule has 3 rings (SSSR count). The highest BCUT2D eigenvalue weighted by atomic mass is 16.6. The van der Waals surface area contributed by atoms with Gasteiger partial charge in [0, 0.05) is 5.56 Å². The molecule has 1 aliphatic carbocycles. The van der Waals surface area contributed by atoms with Crippen LogP contribution in [0.4, 0.5) is 0 Å². The molecule has 1 heterocycles. The van der Waals surface area contributed by atoms with E-state index in [2.05, 4.69) is 23.2 Å². The number of carbonyl (C=O) groups is 1. The van der Waals surface area contributed by atoms with E-state index < -0.39 is 0 Å². The van der Waals surface area contributed by atoms with Crippen molar-refractivity contribution in [3.63, 3.8) is 0 Å². The molecule has 1 aromatic carbocycles. The van der Waals surface area contributed by atoms with Gasteiger partial charge in [0.1, 0.15) is 0 Å². The average molecular weight is 265 g/mol. The largest absolute Gasteiger partial charge is 0.402 e. The summed E-state index contributed by atoms with van der Waals surface area (Å²) in [6.45, 7) is 2.01. The summed E-state index contributed by atoms with van der Waals surface area (Å²) in [5.74, 6) is 0.00392. The molecule has 1 aromatic rings. The first-order chi connectivity index (χ1) is 9.72. The van der Waals surface area contributed by atoms with Crippen molar-refractivity contribution in [1.29, 1.82) is 0 Å². The number of cyclic esters (lactones) is 1. The van der Waals surface area contributed by atoms with Gasteiger partial charge in [0.2, 0.25) is 5.90 Å². The van der Waals surface area contributed by atoms with E-state index in [9.17, 15) is 4.79 Å².